The molecule has 0 aromatic heterocycles. The summed E-state index contributed by atoms with van der Waals surface area (Å²) in [6, 6.07) is 0. The summed E-state index contributed by atoms with van der Waals surface area (Å²) < 4.78 is 12.2. The van der Waals surface area contributed by atoms with E-state index >= 15 is 0 Å². The molecule has 1 atom stereocenters. The summed E-state index contributed by atoms with van der Waals surface area (Å²) in [6.07, 6.45) is 18.0. The van der Waals surface area contributed by atoms with Gasteiger partial charge in [-0.15, -0.1) is 0 Å². The lowest BCUT2D eigenvalue weighted by Gasteiger charge is -2.38. The molecule has 1 aromatic carbocycles. The zero-order chi connectivity index (χ0) is 23.6. The number of hydrogen-bond donors (Lipinski definition) is 1. The molecule has 0 saturated heterocycles. The van der Waals surface area contributed by atoms with Crippen molar-refractivity contribution in [2.75, 3.05) is 6.61 Å². The lowest BCUT2D eigenvalue weighted by molar-refractivity contribution is -0.139. The summed E-state index contributed by atoms with van der Waals surface area (Å²) in [7, 11) is 0. The van der Waals surface area contributed by atoms with Gasteiger partial charge in [0.25, 0.3) is 0 Å². The van der Waals surface area contributed by atoms with Crippen LogP contribution in [0.2, 0.25) is 0 Å². The van der Waals surface area contributed by atoms with Crippen LogP contribution in [-0.4, -0.2) is 23.3 Å². The minimum Gasteiger partial charge on any atom is -0.487 e. The van der Waals surface area contributed by atoms with Crippen LogP contribution in [0.15, 0.2) is 0 Å². The fraction of sp³-hybridized carbons (Fsp3) is 0.750. The van der Waals surface area contributed by atoms with E-state index in [2.05, 4.69) is 20.8 Å². The van der Waals surface area contributed by atoms with Crippen molar-refractivity contribution in [2.45, 2.75) is 130 Å². The van der Waals surface area contributed by atoms with E-state index in [1.54, 1.807) is 0 Å². The van der Waals surface area contributed by atoms with Crippen molar-refractivity contribution in [3.05, 3.63) is 22.3 Å². The Labute approximate surface area is 196 Å². The third kappa shape index (κ3) is 7.71. The van der Waals surface area contributed by atoms with Crippen molar-refractivity contribution in [1.82, 2.24) is 0 Å². The lowest BCUT2D eigenvalue weighted by atomic mass is 9.84. The fourth-order valence-corrected chi connectivity index (χ4v) is 4.97. The second kappa shape index (κ2) is 13.1. The number of benzene rings is 1. The molecule has 1 N–H and O–H groups in total. The molecular formula is C28H46O4. The molecule has 32 heavy (non-hydrogen) atoms. The van der Waals surface area contributed by atoms with E-state index in [4.69, 9.17) is 14.6 Å². The molecule has 0 radical (unpaired) electrons. The maximum Gasteiger partial charge on any atom is 0.341 e. The molecule has 0 spiro atoms. The number of carbonyl (C=O) groups is 1. The zero-order valence-electron chi connectivity index (χ0n) is 21.3. The van der Waals surface area contributed by atoms with Crippen LogP contribution in [0.5, 0.6) is 11.5 Å². The Morgan fingerprint density at radius 3 is 2.03 bits per heavy atom. The molecular weight excluding hydrogens is 400 g/mol. The van der Waals surface area contributed by atoms with Gasteiger partial charge in [0.2, 0.25) is 0 Å². The molecule has 4 heteroatoms. The Hall–Kier alpha value is -1.71. The molecule has 182 valence electrons. The van der Waals surface area contributed by atoms with Crippen molar-refractivity contribution >= 4 is 5.97 Å². The van der Waals surface area contributed by atoms with Gasteiger partial charge in [-0.05, 0) is 70.1 Å². The number of hydrogen-bond acceptors (Lipinski definition) is 3. The smallest absolute Gasteiger partial charge is 0.341 e. The number of aliphatic carboxylic acids is 1. The van der Waals surface area contributed by atoms with Gasteiger partial charge in [0.1, 0.15) is 17.1 Å². The first-order valence-electron chi connectivity index (χ1n) is 13.0. The first kappa shape index (κ1) is 26.5. The maximum absolute atomic E-state index is 11.0. The van der Waals surface area contributed by atoms with Gasteiger partial charge in [-0.2, -0.15) is 0 Å². The standard InChI is InChI=1S/C28H46O4/c1-6-7-8-9-10-11-12-13-14-15-16-18-28(5)19-17-24-23(4)26(31-20-25(29)30)21(2)22(3)27(24)32-28/h6-20H2,1-5H3,(H,29,30)/t28-/m1/s1. The number of fused-ring (bicyclic) bond motifs is 1. The van der Waals surface area contributed by atoms with Crippen molar-refractivity contribution in [1.29, 1.82) is 0 Å². The maximum atomic E-state index is 11.0. The predicted octanol–water partition coefficient (Wildman–Crippen LogP) is 7.86. The first-order valence-corrected chi connectivity index (χ1v) is 13.0. The predicted molar refractivity (Wildman–Crippen MR) is 132 cm³/mol. The van der Waals surface area contributed by atoms with E-state index in [0.717, 1.165) is 41.7 Å². The van der Waals surface area contributed by atoms with Crippen LogP contribution in [0.25, 0.3) is 0 Å². The third-order valence-corrected chi connectivity index (χ3v) is 7.21. The number of carboxylic acids is 1. The summed E-state index contributed by atoms with van der Waals surface area (Å²) >= 11 is 0. The van der Waals surface area contributed by atoms with Crippen molar-refractivity contribution < 1.29 is 19.4 Å². The lowest BCUT2D eigenvalue weighted by Crippen LogP contribution is -2.37. The van der Waals surface area contributed by atoms with E-state index in [0.29, 0.717) is 5.75 Å². The van der Waals surface area contributed by atoms with E-state index in [1.165, 1.54) is 76.2 Å². The van der Waals surface area contributed by atoms with Gasteiger partial charge in [-0.1, -0.05) is 71.1 Å². The summed E-state index contributed by atoms with van der Waals surface area (Å²) in [5.41, 5.74) is 4.17. The first-order chi connectivity index (χ1) is 15.3. The number of unbranched alkanes of at least 4 members (excludes halogenated alkanes) is 10. The Kier molecular flexibility index (Phi) is 10.9. The van der Waals surface area contributed by atoms with Gasteiger partial charge in [0.15, 0.2) is 6.61 Å². The van der Waals surface area contributed by atoms with E-state index < -0.39 is 5.97 Å². The number of ether oxygens (including phenoxy) is 2. The van der Waals surface area contributed by atoms with Crippen LogP contribution in [-0.2, 0) is 11.2 Å². The minimum atomic E-state index is -0.949. The molecule has 0 fully saturated rings. The molecule has 1 aromatic rings. The number of carboxylic acid groups (broad SMARTS) is 1. The molecule has 1 aliphatic heterocycles. The second-order valence-electron chi connectivity index (χ2n) is 10.0. The Morgan fingerprint density at radius 1 is 0.906 bits per heavy atom. The van der Waals surface area contributed by atoms with Crippen molar-refractivity contribution in [3.8, 4) is 11.5 Å². The highest BCUT2D eigenvalue weighted by Crippen LogP contribution is 2.44. The molecule has 2 rings (SSSR count). The highest BCUT2D eigenvalue weighted by molar-refractivity contribution is 5.69. The largest absolute Gasteiger partial charge is 0.487 e. The average molecular weight is 447 g/mol. The van der Waals surface area contributed by atoms with Crippen LogP contribution >= 0.6 is 0 Å². The molecule has 4 nitrogen and oxygen atoms in total. The van der Waals surface area contributed by atoms with E-state index in [-0.39, 0.29) is 12.2 Å². The highest BCUT2D eigenvalue weighted by Gasteiger charge is 2.34. The minimum absolute atomic E-state index is 0.112. The monoisotopic (exact) mass is 446 g/mol. The Morgan fingerprint density at radius 2 is 1.47 bits per heavy atom. The Bertz CT molecular complexity index is 740. The topological polar surface area (TPSA) is 55.8 Å². The molecule has 0 amide bonds. The van der Waals surface area contributed by atoms with Gasteiger partial charge < -0.3 is 14.6 Å². The summed E-state index contributed by atoms with van der Waals surface area (Å²) in [5.74, 6) is 0.760. The molecule has 1 heterocycles. The molecule has 0 saturated carbocycles. The van der Waals surface area contributed by atoms with Gasteiger partial charge in [0, 0.05) is 5.56 Å². The van der Waals surface area contributed by atoms with Crippen LogP contribution in [0.1, 0.15) is 120 Å². The van der Waals surface area contributed by atoms with Crippen molar-refractivity contribution in [2.24, 2.45) is 0 Å². The van der Waals surface area contributed by atoms with Gasteiger partial charge in [-0.25, -0.2) is 4.79 Å². The highest BCUT2D eigenvalue weighted by atomic mass is 16.5. The Balaban J connectivity index is 1.80. The second-order valence-corrected chi connectivity index (χ2v) is 10.0. The van der Waals surface area contributed by atoms with Gasteiger partial charge in [-0.3, -0.25) is 0 Å². The van der Waals surface area contributed by atoms with Crippen LogP contribution in [0.4, 0.5) is 0 Å². The fourth-order valence-electron chi connectivity index (χ4n) is 4.97. The molecule has 0 unspecified atom stereocenters. The third-order valence-electron chi connectivity index (χ3n) is 7.21. The number of rotatable bonds is 15. The average Bonchev–Trinajstić information content (AvgIpc) is 2.75. The SMILES string of the molecule is CCCCCCCCCCCCC[C@]1(C)CCc2c(C)c(OCC(=O)O)c(C)c(C)c2O1. The van der Waals surface area contributed by atoms with Crippen LogP contribution < -0.4 is 9.47 Å². The summed E-state index contributed by atoms with van der Waals surface area (Å²) in [4.78, 5) is 11.0. The molecule has 1 aliphatic rings. The van der Waals surface area contributed by atoms with E-state index in [9.17, 15) is 4.79 Å². The van der Waals surface area contributed by atoms with Crippen LogP contribution in [0.3, 0.4) is 0 Å². The van der Waals surface area contributed by atoms with E-state index in [1.807, 2.05) is 13.8 Å². The van der Waals surface area contributed by atoms with Gasteiger partial charge >= 0.3 is 5.97 Å². The normalized spacial score (nSPS) is 17.7. The molecule has 0 bridgehead atoms. The summed E-state index contributed by atoms with van der Waals surface area (Å²) in [5, 5.41) is 8.99. The summed E-state index contributed by atoms with van der Waals surface area (Å²) in [6.45, 7) is 10.3. The quantitative estimate of drug-likeness (QED) is 0.279. The van der Waals surface area contributed by atoms with Crippen LogP contribution in [0, 0.1) is 20.8 Å². The zero-order valence-corrected chi connectivity index (χ0v) is 21.3. The molecule has 0 aliphatic carbocycles. The van der Waals surface area contributed by atoms with Crippen molar-refractivity contribution in [3.63, 3.8) is 0 Å². The van der Waals surface area contributed by atoms with Gasteiger partial charge in [0.05, 0.1) is 0 Å².